The lowest BCUT2D eigenvalue weighted by Gasteiger charge is -2.26. The highest BCUT2D eigenvalue weighted by Gasteiger charge is 2.33. The molecule has 1 heterocycles. The third-order valence-corrected chi connectivity index (χ3v) is 4.76. The van der Waals surface area contributed by atoms with Gasteiger partial charge < -0.3 is 0 Å². The molecule has 0 fully saturated rings. The van der Waals surface area contributed by atoms with Gasteiger partial charge in [0.05, 0.1) is 11.5 Å². The van der Waals surface area contributed by atoms with Crippen molar-refractivity contribution in [2.75, 3.05) is 11.8 Å². The number of carbonyl (C=O) groups is 1. The van der Waals surface area contributed by atoms with Crippen LogP contribution in [0.25, 0.3) is 0 Å². The predicted octanol–water partition coefficient (Wildman–Crippen LogP) is 3.31. The number of ketones is 1. The third-order valence-electron chi connectivity index (χ3n) is 3.58. The first-order chi connectivity index (χ1) is 10.1. The van der Waals surface area contributed by atoms with Gasteiger partial charge in [0.2, 0.25) is 0 Å². The van der Waals surface area contributed by atoms with Gasteiger partial charge in [-0.25, -0.2) is 9.67 Å². The minimum atomic E-state index is -0.725. The number of carbonyl (C=O) groups excluding carboxylic acids is 1. The van der Waals surface area contributed by atoms with Gasteiger partial charge >= 0.3 is 0 Å². The van der Waals surface area contributed by atoms with Crippen LogP contribution in [0.1, 0.15) is 24.9 Å². The van der Waals surface area contributed by atoms with Crippen molar-refractivity contribution in [2.24, 2.45) is 5.41 Å². The maximum Gasteiger partial charge on any atom is 0.143 e. The van der Waals surface area contributed by atoms with Gasteiger partial charge in [-0.05, 0) is 5.56 Å². The maximum atomic E-state index is 12.6. The molecule has 6 heteroatoms. The highest BCUT2D eigenvalue weighted by atomic mass is 35.5. The van der Waals surface area contributed by atoms with E-state index in [-0.39, 0.29) is 30.0 Å². The molecule has 0 aliphatic heterocycles. The van der Waals surface area contributed by atoms with E-state index in [2.05, 4.69) is 10.1 Å². The average Bonchev–Trinajstić information content (AvgIpc) is 3.06. The van der Waals surface area contributed by atoms with Crippen molar-refractivity contribution in [2.45, 2.75) is 19.4 Å². The van der Waals surface area contributed by atoms with E-state index in [0.717, 1.165) is 5.56 Å². The summed E-state index contributed by atoms with van der Waals surface area (Å²) < 4.78 is 1.69. The molecule has 0 amide bonds. The van der Waals surface area contributed by atoms with Crippen molar-refractivity contribution in [1.29, 1.82) is 0 Å². The number of hydrogen-bond acceptors (Lipinski definition) is 3. The van der Waals surface area contributed by atoms with E-state index >= 15 is 0 Å². The van der Waals surface area contributed by atoms with E-state index in [1.54, 1.807) is 17.9 Å². The zero-order valence-electron chi connectivity index (χ0n) is 11.7. The Morgan fingerprint density at radius 1 is 1.29 bits per heavy atom. The Hall–Kier alpha value is -1.39. The minimum absolute atomic E-state index is 0.0249. The molecular weight excluding hydrogens is 309 g/mol. The van der Waals surface area contributed by atoms with E-state index < -0.39 is 5.41 Å². The maximum absolute atomic E-state index is 12.6. The van der Waals surface area contributed by atoms with Crippen LogP contribution in [0.3, 0.4) is 0 Å². The molecule has 0 spiro atoms. The van der Waals surface area contributed by atoms with E-state index in [9.17, 15) is 4.79 Å². The van der Waals surface area contributed by atoms with Crippen molar-refractivity contribution in [1.82, 2.24) is 14.8 Å². The lowest BCUT2D eigenvalue weighted by Crippen LogP contribution is -2.33. The first-order valence-electron chi connectivity index (χ1n) is 6.65. The second-order valence-corrected chi connectivity index (χ2v) is 5.79. The summed E-state index contributed by atoms with van der Waals surface area (Å²) in [4.78, 5) is 16.5. The summed E-state index contributed by atoms with van der Waals surface area (Å²) in [5.74, 6) is 0.430. The fourth-order valence-corrected chi connectivity index (χ4v) is 2.61. The van der Waals surface area contributed by atoms with Crippen LogP contribution in [0.4, 0.5) is 0 Å². The molecule has 1 atom stereocenters. The highest BCUT2D eigenvalue weighted by Crippen LogP contribution is 2.29. The summed E-state index contributed by atoms with van der Waals surface area (Å²) in [6.07, 6.45) is 3.36. The van der Waals surface area contributed by atoms with E-state index in [1.807, 2.05) is 30.3 Å². The smallest absolute Gasteiger partial charge is 0.143 e. The zero-order chi connectivity index (χ0) is 15.3. The molecule has 0 saturated heterocycles. The average molecular weight is 326 g/mol. The van der Waals surface area contributed by atoms with Gasteiger partial charge in [0.15, 0.2) is 0 Å². The quantitative estimate of drug-likeness (QED) is 0.734. The van der Waals surface area contributed by atoms with Crippen LogP contribution >= 0.6 is 23.2 Å². The Kier molecular flexibility index (Phi) is 5.37. The Bertz CT molecular complexity index is 568. The van der Waals surface area contributed by atoms with Gasteiger partial charge in [-0.1, -0.05) is 37.3 Å². The first kappa shape index (κ1) is 16.0. The Morgan fingerprint density at radius 3 is 2.48 bits per heavy atom. The molecule has 2 rings (SSSR count). The number of aromatic nitrogens is 3. The molecule has 21 heavy (non-hydrogen) atoms. The standard InChI is InChI=1S/C15H17Cl2N3O/c1-15(8-16,9-17)14(21)7-13(20-11-18-10-19-20)12-5-3-2-4-6-12/h2-6,10-11,13H,7-9H2,1H3. The number of alkyl halides is 2. The second-order valence-electron chi connectivity index (χ2n) is 5.26. The van der Waals surface area contributed by atoms with Gasteiger partial charge in [0, 0.05) is 18.2 Å². The molecule has 2 aromatic rings. The molecule has 1 aromatic heterocycles. The summed E-state index contributed by atoms with van der Waals surface area (Å²) in [5.41, 5.74) is 0.277. The fourth-order valence-electron chi connectivity index (χ4n) is 2.02. The Balaban J connectivity index is 2.28. The van der Waals surface area contributed by atoms with Gasteiger partial charge in [0.1, 0.15) is 18.4 Å². The fraction of sp³-hybridized carbons (Fsp3) is 0.400. The van der Waals surface area contributed by atoms with Crippen LogP contribution in [0.2, 0.25) is 0 Å². The van der Waals surface area contributed by atoms with E-state index in [0.29, 0.717) is 0 Å². The van der Waals surface area contributed by atoms with Gasteiger partial charge in [-0.3, -0.25) is 4.79 Å². The van der Waals surface area contributed by atoms with Crippen LogP contribution in [-0.2, 0) is 4.79 Å². The molecule has 0 saturated carbocycles. The molecule has 0 bridgehead atoms. The SMILES string of the molecule is CC(CCl)(CCl)C(=O)CC(c1ccccc1)n1cncn1. The molecule has 1 unspecified atom stereocenters. The highest BCUT2D eigenvalue weighted by molar-refractivity contribution is 6.24. The minimum Gasteiger partial charge on any atom is -0.299 e. The monoisotopic (exact) mass is 325 g/mol. The normalized spacial score (nSPS) is 13.1. The predicted molar refractivity (Wildman–Crippen MR) is 83.8 cm³/mol. The number of halogens is 2. The lowest BCUT2D eigenvalue weighted by atomic mass is 9.85. The molecule has 4 nitrogen and oxygen atoms in total. The Labute approximate surface area is 134 Å². The van der Waals surface area contributed by atoms with Crippen molar-refractivity contribution in [3.8, 4) is 0 Å². The summed E-state index contributed by atoms with van der Waals surface area (Å²) in [6.45, 7) is 1.79. The summed E-state index contributed by atoms with van der Waals surface area (Å²) in [7, 11) is 0. The first-order valence-corrected chi connectivity index (χ1v) is 7.72. The molecule has 0 radical (unpaired) electrons. The van der Waals surface area contributed by atoms with Crippen LogP contribution in [0, 0.1) is 5.41 Å². The lowest BCUT2D eigenvalue weighted by molar-refractivity contribution is -0.126. The second kappa shape index (κ2) is 7.05. The van der Waals surface area contributed by atoms with Crippen LogP contribution in [0.15, 0.2) is 43.0 Å². The van der Waals surface area contributed by atoms with Crippen molar-refractivity contribution >= 4 is 29.0 Å². The summed E-state index contributed by atoms with van der Waals surface area (Å²) in [6, 6.07) is 9.55. The summed E-state index contributed by atoms with van der Waals surface area (Å²) in [5, 5.41) is 4.17. The Morgan fingerprint density at radius 2 is 1.95 bits per heavy atom. The van der Waals surface area contributed by atoms with E-state index in [4.69, 9.17) is 23.2 Å². The van der Waals surface area contributed by atoms with Crippen molar-refractivity contribution < 1.29 is 4.79 Å². The van der Waals surface area contributed by atoms with Gasteiger partial charge in [-0.2, -0.15) is 5.10 Å². The number of benzene rings is 1. The van der Waals surface area contributed by atoms with Crippen LogP contribution < -0.4 is 0 Å². The topological polar surface area (TPSA) is 47.8 Å². The van der Waals surface area contributed by atoms with E-state index in [1.165, 1.54) is 6.33 Å². The third kappa shape index (κ3) is 3.63. The number of Topliss-reactive ketones (excluding diaryl/α,β-unsaturated/α-hetero) is 1. The molecule has 0 aliphatic carbocycles. The molecular formula is C15H17Cl2N3O. The number of rotatable bonds is 7. The summed E-state index contributed by atoms with van der Waals surface area (Å²) >= 11 is 11.8. The van der Waals surface area contributed by atoms with Crippen molar-refractivity contribution in [3.05, 3.63) is 48.5 Å². The molecule has 0 N–H and O–H groups in total. The van der Waals surface area contributed by atoms with Crippen molar-refractivity contribution in [3.63, 3.8) is 0 Å². The van der Waals surface area contributed by atoms with Crippen LogP contribution in [-0.4, -0.2) is 32.3 Å². The molecule has 112 valence electrons. The molecule has 1 aromatic carbocycles. The molecule has 0 aliphatic rings. The number of nitrogens with zero attached hydrogens (tertiary/aromatic N) is 3. The largest absolute Gasteiger partial charge is 0.299 e. The van der Waals surface area contributed by atoms with Gasteiger partial charge in [-0.15, -0.1) is 23.2 Å². The van der Waals surface area contributed by atoms with Crippen LogP contribution in [0.5, 0.6) is 0 Å². The zero-order valence-corrected chi connectivity index (χ0v) is 13.3. The van der Waals surface area contributed by atoms with Gasteiger partial charge in [0.25, 0.3) is 0 Å². The number of hydrogen-bond donors (Lipinski definition) is 0.